The third-order valence-electron chi connectivity index (χ3n) is 3.42. The van der Waals surface area contributed by atoms with Crippen LogP contribution in [0.1, 0.15) is 62.1 Å². The van der Waals surface area contributed by atoms with Crippen LogP contribution in [-0.4, -0.2) is 39.2 Å². The highest BCUT2D eigenvalue weighted by Gasteiger charge is 2.27. The van der Waals surface area contributed by atoms with Gasteiger partial charge in [0, 0.05) is 12.0 Å². The van der Waals surface area contributed by atoms with E-state index in [2.05, 4.69) is 20.8 Å². The first-order valence-electron chi connectivity index (χ1n) is 6.99. The highest BCUT2D eigenvalue weighted by molar-refractivity contribution is 5.90. The molecule has 0 saturated carbocycles. The van der Waals surface area contributed by atoms with Crippen LogP contribution in [0.5, 0.6) is 0 Å². The Morgan fingerprint density at radius 2 is 2.29 bits per heavy atom. The molecule has 1 aliphatic heterocycles. The molecule has 0 radical (unpaired) electrons. The van der Waals surface area contributed by atoms with E-state index < -0.39 is 17.4 Å². The van der Waals surface area contributed by atoms with Gasteiger partial charge in [0.05, 0.1) is 6.04 Å². The zero-order valence-corrected chi connectivity index (χ0v) is 12.2. The molecule has 0 bridgehead atoms. The van der Waals surface area contributed by atoms with Crippen molar-refractivity contribution >= 4 is 11.9 Å². The van der Waals surface area contributed by atoms with Crippen molar-refractivity contribution in [1.29, 1.82) is 0 Å². The Balaban J connectivity index is 1.95. The van der Waals surface area contributed by atoms with Crippen LogP contribution in [0.25, 0.3) is 0 Å². The second kappa shape index (κ2) is 6.21. The van der Waals surface area contributed by atoms with Crippen LogP contribution in [0.4, 0.5) is 0 Å². The Morgan fingerprint density at radius 1 is 1.52 bits per heavy atom. The number of hydrogen-bond donors (Lipinski definition) is 3. The van der Waals surface area contributed by atoms with Gasteiger partial charge in [-0.25, -0.2) is 0 Å². The number of carboxylic acids is 1. The molecular formula is C13H20N4O4. The highest BCUT2D eigenvalue weighted by Crippen LogP contribution is 2.21. The van der Waals surface area contributed by atoms with E-state index in [0.717, 1.165) is 19.4 Å². The number of amides is 1. The van der Waals surface area contributed by atoms with Crippen LogP contribution in [0.2, 0.25) is 0 Å². The van der Waals surface area contributed by atoms with Crippen LogP contribution in [-0.2, 0) is 4.79 Å². The van der Waals surface area contributed by atoms with Crippen LogP contribution >= 0.6 is 0 Å². The molecule has 2 heterocycles. The smallest absolute Gasteiger partial charge is 0.303 e. The molecule has 21 heavy (non-hydrogen) atoms. The number of nitrogens with zero attached hydrogens (tertiary/aromatic N) is 2. The van der Waals surface area contributed by atoms with E-state index in [-0.39, 0.29) is 18.3 Å². The van der Waals surface area contributed by atoms with Gasteiger partial charge < -0.3 is 20.3 Å². The Kier molecular flexibility index (Phi) is 4.56. The predicted octanol–water partition coefficient (Wildman–Crippen LogP) is 0.867. The van der Waals surface area contributed by atoms with E-state index in [4.69, 9.17) is 9.63 Å². The average molecular weight is 296 g/mol. The zero-order valence-electron chi connectivity index (χ0n) is 12.2. The number of carbonyl (C=O) groups is 2. The van der Waals surface area contributed by atoms with Gasteiger partial charge in [0.2, 0.25) is 5.89 Å². The molecule has 1 fully saturated rings. The van der Waals surface area contributed by atoms with Gasteiger partial charge in [0.1, 0.15) is 0 Å². The molecule has 1 aromatic rings. The summed E-state index contributed by atoms with van der Waals surface area (Å²) in [4.78, 5) is 26.8. The van der Waals surface area contributed by atoms with Crippen molar-refractivity contribution in [1.82, 2.24) is 20.8 Å². The lowest BCUT2D eigenvalue weighted by molar-refractivity contribution is -0.137. The molecule has 8 nitrogen and oxygen atoms in total. The van der Waals surface area contributed by atoms with E-state index in [9.17, 15) is 9.59 Å². The summed E-state index contributed by atoms with van der Waals surface area (Å²) in [5, 5.41) is 18.3. The van der Waals surface area contributed by atoms with E-state index in [1.165, 1.54) is 0 Å². The van der Waals surface area contributed by atoms with Gasteiger partial charge in [0.15, 0.2) is 0 Å². The topological polar surface area (TPSA) is 117 Å². The normalized spacial score (nSPS) is 18.7. The van der Waals surface area contributed by atoms with Crippen molar-refractivity contribution in [3.05, 3.63) is 11.7 Å². The summed E-state index contributed by atoms with van der Waals surface area (Å²) in [5.74, 6) is -0.965. The van der Waals surface area contributed by atoms with Crippen molar-refractivity contribution in [3.8, 4) is 0 Å². The number of aliphatic carboxylic acids is 1. The maximum atomic E-state index is 12.1. The fraction of sp³-hybridized carbons (Fsp3) is 0.692. The Morgan fingerprint density at radius 3 is 2.90 bits per heavy atom. The summed E-state index contributed by atoms with van der Waals surface area (Å²) < 4.78 is 5.10. The van der Waals surface area contributed by atoms with E-state index in [1.807, 2.05) is 0 Å². The SMILES string of the molecule is CC(C)(CCC(=O)O)NC(=O)c1noc(C2CCCN2)n1. The molecule has 1 saturated heterocycles. The summed E-state index contributed by atoms with van der Waals surface area (Å²) >= 11 is 0. The third kappa shape index (κ3) is 4.25. The molecular weight excluding hydrogens is 276 g/mol. The molecule has 1 amide bonds. The van der Waals surface area contributed by atoms with Crippen LogP contribution < -0.4 is 10.6 Å². The number of hydrogen-bond acceptors (Lipinski definition) is 6. The summed E-state index contributed by atoms with van der Waals surface area (Å²) in [5.41, 5.74) is -0.651. The van der Waals surface area contributed by atoms with Crippen molar-refractivity contribution in [3.63, 3.8) is 0 Å². The first-order chi connectivity index (χ1) is 9.87. The van der Waals surface area contributed by atoms with Gasteiger partial charge in [-0.1, -0.05) is 5.16 Å². The van der Waals surface area contributed by atoms with Crippen LogP contribution in [0.3, 0.4) is 0 Å². The highest BCUT2D eigenvalue weighted by atomic mass is 16.5. The maximum absolute atomic E-state index is 12.1. The molecule has 0 aliphatic carbocycles. The Bertz CT molecular complexity index is 520. The lowest BCUT2D eigenvalue weighted by Crippen LogP contribution is -2.44. The summed E-state index contributed by atoms with van der Waals surface area (Å²) in [6.45, 7) is 4.41. The van der Waals surface area contributed by atoms with Gasteiger partial charge in [-0.3, -0.25) is 9.59 Å². The largest absolute Gasteiger partial charge is 0.481 e. The van der Waals surface area contributed by atoms with E-state index >= 15 is 0 Å². The second-order valence-electron chi connectivity index (χ2n) is 5.84. The monoisotopic (exact) mass is 296 g/mol. The Labute approximate surface area is 122 Å². The minimum Gasteiger partial charge on any atom is -0.481 e. The average Bonchev–Trinajstić information content (AvgIpc) is 3.06. The van der Waals surface area contributed by atoms with Gasteiger partial charge >= 0.3 is 5.97 Å². The fourth-order valence-electron chi connectivity index (χ4n) is 2.21. The first-order valence-corrected chi connectivity index (χ1v) is 6.99. The molecule has 2 rings (SSSR count). The molecule has 8 heteroatoms. The van der Waals surface area contributed by atoms with Crippen molar-refractivity contribution in [2.75, 3.05) is 6.54 Å². The van der Waals surface area contributed by atoms with Gasteiger partial charge in [-0.15, -0.1) is 0 Å². The standard InChI is InChI=1S/C13H20N4O4/c1-13(2,6-5-9(18)19)16-11(20)10-15-12(21-17-10)8-4-3-7-14-8/h8,14H,3-7H2,1-2H3,(H,16,20)(H,18,19). The molecule has 1 aromatic heterocycles. The number of nitrogens with one attached hydrogen (secondary N) is 2. The van der Waals surface area contributed by atoms with E-state index in [0.29, 0.717) is 12.3 Å². The summed E-state index contributed by atoms with van der Waals surface area (Å²) in [6.07, 6.45) is 2.25. The molecule has 3 N–H and O–H groups in total. The molecule has 1 atom stereocenters. The summed E-state index contributed by atoms with van der Waals surface area (Å²) in [7, 11) is 0. The third-order valence-corrected chi connectivity index (χ3v) is 3.42. The van der Waals surface area contributed by atoms with Gasteiger partial charge in [-0.05, 0) is 39.7 Å². The van der Waals surface area contributed by atoms with Gasteiger partial charge in [-0.2, -0.15) is 4.98 Å². The lowest BCUT2D eigenvalue weighted by atomic mass is 9.98. The lowest BCUT2D eigenvalue weighted by Gasteiger charge is -2.24. The van der Waals surface area contributed by atoms with Crippen molar-refractivity contribution in [2.24, 2.45) is 0 Å². The molecule has 0 spiro atoms. The number of carbonyl (C=O) groups excluding carboxylic acids is 1. The quantitative estimate of drug-likeness (QED) is 0.712. The molecule has 116 valence electrons. The number of rotatable bonds is 6. The van der Waals surface area contributed by atoms with E-state index in [1.54, 1.807) is 13.8 Å². The number of carboxylic acid groups (broad SMARTS) is 1. The molecule has 1 aliphatic rings. The van der Waals surface area contributed by atoms with Crippen molar-refractivity contribution in [2.45, 2.75) is 51.1 Å². The fourth-order valence-corrected chi connectivity index (χ4v) is 2.21. The summed E-state index contributed by atoms with van der Waals surface area (Å²) in [6, 6.07) is 0.0130. The molecule has 1 unspecified atom stereocenters. The first kappa shape index (κ1) is 15.4. The minimum atomic E-state index is -0.897. The van der Waals surface area contributed by atoms with Crippen LogP contribution in [0.15, 0.2) is 4.52 Å². The minimum absolute atomic E-state index is 0.0130. The molecule has 0 aromatic carbocycles. The maximum Gasteiger partial charge on any atom is 0.303 e. The Hall–Kier alpha value is -1.96. The second-order valence-corrected chi connectivity index (χ2v) is 5.84. The van der Waals surface area contributed by atoms with Crippen molar-refractivity contribution < 1.29 is 19.2 Å². The zero-order chi connectivity index (χ0) is 15.5. The van der Waals surface area contributed by atoms with Crippen LogP contribution in [0, 0.1) is 0 Å². The van der Waals surface area contributed by atoms with Gasteiger partial charge in [0.25, 0.3) is 11.7 Å². The number of aromatic nitrogens is 2. The predicted molar refractivity (Wildman–Crippen MR) is 72.7 cm³/mol.